The monoisotopic (exact) mass is 776 g/mol. The fourth-order valence-corrected chi connectivity index (χ4v) is 10.4. The largest absolute Gasteiger partial charge is 0.481 e. The van der Waals surface area contributed by atoms with Crippen molar-refractivity contribution in [2.24, 2.45) is 0 Å². The van der Waals surface area contributed by atoms with Crippen LogP contribution < -0.4 is 9.80 Å². The third-order valence-electron chi connectivity index (χ3n) is 12.8. The quantitative estimate of drug-likeness (QED) is 0.101. The highest BCUT2D eigenvalue weighted by atomic mass is 16.4. The summed E-state index contributed by atoms with van der Waals surface area (Å²) in [6, 6.07) is 44.6. The Morgan fingerprint density at radius 1 is 0.559 bits per heavy atom. The molecule has 2 aliphatic rings. The van der Waals surface area contributed by atoms with Crippen LogP contribution in [0, 0.1) is 0 Å². The van der Waals surface area contributed by atoms with Crippen LogP contribution in [0.4, 0.5) is 11.4 Å². The van der Waals surface area contributed by atoms with Gasteiger partial charge in [0, 0.05) is 46.1 Å². The molecule has 0 saturated heterocycles. The Bertz CT molecular complexity index is 2890. The smallest absolute Gasteiger partial charge is 0.305 e. The van der Waals surface area contributed by atoms with Crippen LogP contribution in [0.3, 0.4) is 0 Å². The van der Waals surface area contributed by atoms with Crippen LogP contribution in [-0.2, 0) is 26.8 Å². The van der Waals surface area contributed by atoms with Gasteiger partial charge in [-0.1, -0.05) is 172 Å². The Hall–Kier alpha value is -6.66. The second-order valence-corrected chi connectivity index (χ2v) is 16.7. The molecule has 0 bridgehead atoms. The molecule has 2 atom stereocenters. The molecule has 0 aliphatic carbocycles. The fraction of sp³-hybridized carbons (Fsp3) is 0.208. The zero-order valence-electron chi connectivity index (χ0n) is 33.7. The predicted molar refractivity (Wildman–Crippen MR) is 243 cm³/mol. The van der Waals surface area contributed by atoms with Crippen molar-refractivity contribution in [3.63, 3.8) is 0 Å². The molecule has 2 N–H and O–H groups in total. The summed E-state index contributed by atoms with van der Waals surface area (Å²) in [5, 5.41) is 29.2. The van der Waals surface area contributed by atoms with Gasteiger partial charge in [0.1, 0.15) is 0 Å². The van der Waals surface area contributed by atoms with Gasteiger partial charge in [0.05, 0.1) is 24.6 Å². The highest BCUT2D eigenvalue weighted by molar-refractivity contribution is 6.18. The molecule has 0 spiro atoms. The van der Waals surface area contributed by atoms with Gasteiger partial charge < -0.3 is 20.0 Å². The summed E-state index contributed by atoms with van der Waals surface area (Å²) in [7, 11) is 0. The van der Waals surface area contributed by atoms with Gasteiger partial charge in [-0.05, 0) is 61.5 Å². The van der Waals surface area contributed by atoms with Gasteiger partial charge in [-0.2, -0.15) is 0 Å². The molecule has 294 valence electrons. The predicted octanol–water partition coefficient (Wildman–Crippen LogP) is 11.7. The normalized spacial score (nSPS) is 19.2. The number of carbonyl (C=O) groups is 2. The second kappa shape index (κ2) is 14.9. The van der Waals surface area contributed by atoms with Crippen molar-refractivity contribution in [1.29, 1.82) is 0 Å². The number of nitrogens with zero attached hydrogens (tertiary/aromatic N) is 2. The van der Waals surface area contributed by atoms with E-state index in [0.29, 0.717) is 13.1 Å². The van der Waals surface area contributed by atoms with Crippen molar-refractivity contribution in [2.75, 3.05) is 22.9 Å². The van der Waals surface area contributed by atoms with Gasteiger partial charge in [-0.3, -0.25) is 9.59 Å². The number of carboxylic acid groups (broad SMARTS) is 2. The molecule has 2 aliphatic heterocycles. The average molecular weight is 777 g/mol. The SMILES string of the molecule is CC1(C)/C(=C/C=C/C=C/C2N(CCC(=O)O)c3c(c4ccccc4c4ccccc34)C2(C)Cc2ccccc2)N(CCC(=O)O)c2c1c1ccccc1c1ccccc21. The van der Waals surface area contributed by atoms with Gasteiger partial charge in [-0.15, -0.1) is 0 Å². The summed E-state index contributed by atoms with van der Waals surface area (Å²) in [5.74, 6) is -1.65. The number of hydrogen-bond donors (Lipinski definition) is 2. The summed E-state index contributed by atoms with van der Waals surface area (Å²) in [5.41, 5.74) is 6.09. The summed E-state index contributed by atoms with van der Waals surface area (Å²) in [6.07, 6.45) is 11.4. The number of anilines is 2. The molecule has 2 heterocycles. The minimum Gasteiger partial charge on any atom is -0.481 e. The van der Waals surface area contributed by atoms with Crippen LogP contribution in [0.1, 0.15) is 50.3 Å². The van der Waals surface area contributed by atoms with E-state index >= 15 is 0 Å². The van der Waals surface area contributed by atoms with Crippen molar-refractivity contribution in [3.05, 3.63) is 180 Å². The average Bonchev–Trinajstić information content (AvgIpc) is 3.62. The van der Waals surface area contributed by atoms with Crippen molar-refractivity contribution in [1.82, 2.24) is 0 Å². The minimum atomic E-state index is -0.830. The van der Waals surface area contributed by atoms with Gasteiger partial charge in [-0.25, -0.2) is 0 Å². The molecular weight excluding hydrogens is 729 g/mol. The maximum absolute atomic E-state index is 12.2. The lowest BCUT2D eigenvalue weighted by molar-refractivity contribution is -0.137. The highest BCUT2D eigenvalue weighted by Crippen LogP contribution is 2.56. The number of benzene rings is 7. The Morgan fingerprint density at radius 3 is 1.61 bits per heavy atom. The van der Waals surface area contributed by atoms with E-state index in [0.717, 1.165) is 45.0 Å². The van der Waals surface area contributed by atoms with Crippen molar-refractivity contribution in [2.45, 2.75) is 56.9 Å². The maximum atomic E-state index is 12.2. The summed E-state index contributed by atoms with van der Waals surface area (Å²) in [4.78, 5) is 28.8. The summed E-state index contributed by atoms with van der Waals surface area (Å²) >= 11 is 0. The first-order valence-electron chi connectivity index (χ1n) is 20.5. The number of hydrogen-bond acceptors (Lipinski definition) is 4. The van der Waals surface area contributed by atoms with Crippen LogP contribution in [0.2, 0.25) is 0 Å². The van der Waals surface area contributed by atoms with Gasteiger partial charge in [0.25, 0.3) is 0 Å². The van der Waals surface area contributed by atoms with E-state index in [2.05, 4.69) is 182 Å². The van der Waals surface area contributed by atoms with E-state index in [1.807, 2.05) is 6.07 Å². The van der Waals surface area contributed by atoms with Gasteiger partial charge in [0.2, 0.25) is 0 Å². The van der Waals surface area contributed by atoms with E-state index in [1.54, 1.807) is 0 Å². The van der Waals surface area contributed by atoms with Gasteiger partial charge in [0.15, 0.2) is 0 Å². The molecule has 7 aromatic rings. The zero-order valence-corrected chi connectivity index (χ0v) is 33.7. The lowest BCUT2D eigenvalue weighted by atomic mass is 9.71. The van der Waals surface area contributed by atoms with Crippen LogP contribution in [0.15, 0.2) is 163 Å². The van der Waals surface area contributed by atoms with Gasteiger partial charge >= 0.3 is 11.9 Å². The molecule has 0 aromatic heterocycles. The van der Waals surface area contributed by atoms with E-state index in [-0.39, 0.29) is 18.9 Å². The molecule has 0 radical (unpaired) electrons. The standard InChI is InChI=1S/C53H48N2O4/c1-52(2)44(54(32-30-46(56)57)50-42-26-16-12-22-38(42)36-20-10-14-24-40(36)48(50)52)28-8-5-9-29-45-53(3,34-35-18-6-4-7-19-35)49-41-25-15-11-21-37(41)39-23-13-17-27-43(39)51(49)55(45)33-31-47(58)59/h4-29,45H,30-34H2,1-3H3,(H,56,57)(H,58,59)/b8-5+,29-9+,44-28-. The summed E-state index contributed by atoms with van der Waals surface area (Å²) in [6.45, 7) is 7.54. The first-order valence-corrected chi connectivity index (χ1v) is 20.5. The molecule has 0 amide bonds. The molecule has 0 fully saturated rings. The number of carboxylic acids is 2. The van der Waals surface area contributed by atoms with Crippen molar-refractivity contribution < 1.29 is 19.8 Å². The van der Waals surface area contributed by atoms with E-state index in [4.69, 9.17) is 0 Å². The number of aliphatic carboxylic acids is 2. The Morgan fingerprint density at radius 2 is 1.03 bits per heavy atom. The summed E-state index contributed by atoms with van der Waals surface area (Å²) < 4.78 is 0. The molecule has 9 rings (SSSR count). The molecule has 7 aromatic carbocycles. The zero-order chi connectivity index (χ0) is 40.9. The molecule has 0 saturated carbocycles. The Kier molecular flexibility index (Phi) is 9.59. The molecule has 59 heavy (non-hydrogen) atoms. The number of rotatable bonds is 11. The fourth-order valence-electron chi connectivity index (χ4n) is 10.4. The molecule has 2 unspecified atom stereocenters. The van der Waals surface area contributed by atoms with Crippen LogP contribution in [-0.4, -0.2) is 41.3 Å². The van der Waals surface area contributed by atoms with Crippen molar-refractivity contribution in [3.8, 4) is 0 Å². The van der Waals surface area contributed by atoms with E-state index in [1.165, 1.54) is 38.2 Å². The maximum Gasteiger partial charge on any atom is 0.305 e. The Balaban J connectivity index is 1.17. The van der Waals surface area contributed by atoms with E-state index in [9.17, 15) is 19.8 Å². The minimum absolute atomic E-state index is 0.00933. The lowest BCUT2D eigenvalue weighted by Crippen LogP contribution is -2.44. The van der Waals surface area contributed by atoms with Crippen LogP contribution >= 0.6 is 0 Å². The van der Waals surface area contributed by atoms with E-state index < -0.39 is 22.8 Å². The number of fused-ring (bicyclic) bond motifs is 12. The van der Waals surface area contributed by atoms with Crippen molar-refractivity contribution >= 4 is 66.4 Å². The molecule has 6 nitrogen and oxygen atoms in total. The topological polar surface area (TPSA) is 81.1 Å². The van der Waals surface area contributed by atoms with Crippen LogP contribution in [0.25, 0.3) is 43.1 Å². The van der Waals surface area contributed by atoms with Crippen LogP contribution in [0.5, 0.6) is 0 Å². The lowest BCUT2D eigenvalue weighted by Gasteiger charge is -2.35. The number of allylic oxidation sites excluding steroid dienone is 5. The Labute approximate surface area is 345 Å². The second-order valence-electron chi connectivity index (χ2n) is 16.7. The third kappa shape index (κ3) is 6.35. The molecule has 6 heteroatoms. The third-order valence-corrected chi connectivity index (χ3v) is 12.8. The molecular formula is C53H48N2O4. The first kappa shape index (κ1) is 37.9. The highest BCUT2D eigenvalue weighted by Gasteiger charge is 2.48. The first-order chi connectivity index (χ1) is 28.6.